The lowest BCUT2D eigenvalue weighted by molar-refractivity contribution is -0.484. The van der Waals surface area contributed by atoms with Gasteiger partial charge < -0.3 is 4.74 Å². The van der Waals surface area contributed by atoms with E-state index in [1.165, 1.54) is 13.8 Å². The highest BCUT2D eigenvalue weighted by molar-refractivity contribution is 5.73. The smallest absolute Gasteiger partial charge is 0.373 e. The third-order valence-electron chi connectivity index (χ3n) is 3.20. The molecule has 0 bridgehead atoms. The first-order valence-corrected chi connectivity index (χ1v) is 6.34. The Labute approximate surface area is 130 Å². The van der Waals surface area contributed by atoms with E-state index in [1.807, 2.05) is 0 Å². The number of nitro groups is 1. The van der Waals surface area contributed by atoms with Gasteiger partial charge in [0.15, 0.2) is 0 Å². The Morgan fingerprint density at radius 2 is 1.87 bits per heavy atom. The molecule has 1 aromatic rings. The number of hydrogen-bond donors (Lipinski definition) is 0. The van der Waals surface area contributed by atoms with E-state index in [2.05, 4.69) is 4.74 Å². The Kier molecular flexibility index (Phi) is 8.28. The number of aryl methyl sites for hydroxylation is 1. The Hall–Kier alpha value is -2.67. The third-order valence-corrected chi connectivity index (χ3v) is 3.20. The molecule has 126 valence electrons. The molecule has 7 nitrogen and oxygen atoms in total. The quantitative estimate of drug-likeness (QED) is 0.463. The predicted octanol–water partition coefficient (Wildman–Crippen LogP) is 1.86. The van der Waals surface area contributed by atoms with Crippen molar-refractivity contribution < 1.29 is 32.8 Å². The molecule has 0 saturated heterocycles. The van der Waals surface area contributed by atoms with Crippen molar-refractivity contribution >= 4 is 12.1 Å². The zero-order valence-electron chi connectivity index (χ0n) is 12.7. The van der Waals surface area contributed by atoms with Gasteiger partial charge in [0.05, 0.1) is 18.9 Å². The van der Waals surface area contributed by atoms with Gasteiger partial charge >= 0.3 is 12.1 Å². The molecular formula is C14H15F2NO6. The van der Waals surface area contributed by atoms with Crippen LogP contribution in [0.15, 0.2) is 12.1 Å². The van der Waals surface area contributed by atoms with Crippen molar-refractivity contribution in [1.29, 1.82) is 0 Å². The third kappa shape index (κ3) is 5.91. The molecule has 0 radical (unpaired) electrons. The van der Waals surface area contributed by atoms with Crippen LogP contribution in [0.2, 0.25) is 0 Å². The SMILES string of the molecule is COC(=O)C(C)[C@@H](C[N+](=O)[O-])c1cc(F)c(C)cc1F.O=C=O. The minimum Gasteiger partial charge on any atom is -0.469 e. The van der Waals surface area contributed by atoms with Crippen LogP contribution in [0, 0.1) is 34.6 Å². The van der Waals surface area contributed by atoms with Gasteiger partial charge in [-0.1, -0.05) is 6.92 Å². The fourth-order valence-corrected chi connectivity index (χ4v) is 1.98. The van der Waals surface area contributed by atoms with Crippen LogP contribution >= 0.6 is 0 Å². The van der Waals surface area contributed by atoms with E-state index in [0.29, 0.717) is 0 Å². The maximum absolute atomic E-state index is 13.9. The van der Waals surface area contributed by atoms with E-state index in [9.17, 15) is 23.7 Å². The summed E-state index contributed by atoms with van der Waals surface area (Å²) < 4.78 is 32.0. The van der Waals surface area contributed by atoms with E-state index in [0.717, 1.165) is 19.2 Å². The molecule has 0 aliphatic carbocycles. The molecule has 0 aliphatic rings. The summed E-state index contributed by atoms with van der Waals surface area (Å²) in [5.41, 5.74) is -0.0977. The van der Waals surface area contributed by atoms with Crippen LogP contribution in [-0.4, -0.2) is 30.7 Å². The van der Waals surface area contributed by atoms with E-state index < -0.39 is 40.9 Å². The molecule has 23 heavy (non-hydrogen) atoms. The second-order valence-corrected chi connectivity index (χ2v) is 4.64. The van der Waals surface area contributed by atoms with Crippen LogP contribution < -0.4 is 0 Å². The first kappa shape index (κ1) is 20.3. The van der Waals surface area contributed by atoms with Gasteiger partial charge in [-0.2, -0.15) is 9.59 Å². The average Bonchev–Trinajstić information content (AvgIpc) is 2.48. The molecule has 0 fully saturated rings. The zero-order valence-corrected chi connectivity index (χ0v) is 12.7. The number of benzene rings is 1. The topological polar surface area (TPSA) is 104 Å². The summed E-state index contributed by atoms with van der Waals surface area (Å²) in [7, 11) is 1.13. The van der Waals surface area contributed by atoms with Gasteiger partial charge in [-0.05, 0) is 24.6 Å². The molecule has 1 unspecified atom stereocenters. The van der Waals surface area contributed by atoms with Gasteiger partial charge in [-0.3, -0.25) is 14.9 Å². The van der Waals surface area contributed by atoms with Crippen LogP contribution in [0.5, 0.6) is 0 Å². The van der Waals surface area contributed by atoms with E-state index >= 15 is 0 Å². The number of esters is 1. The Morgan fingerprint density at radius 1 is 1.35 bits per heavy atom. The van der Waals surface area contributed by atoms with Crippen molar-refractivity contribution in [2.75, 3.05) is 13.7 Å². The van der Waals surface area contributed by atoms with Crippen LogP contribution in [0.1, 0.15) is 24.0 Å². The number of rotatable bonds is 5. The lowest BCUT2D eigenvalue weighted by Gasteiger charge is -2.20. The minimum atomic E-state index is -1.09. The van der Waals surface area contributed by atoms with Gasteiger partial charge in [0.2, 0.25) is 6.54 Å². The van der Waals surface area contributed by atoms with Crippen molar-refractivity contribution in [3.8, 4) is 0 Å². The number of carbonyl (C=O) groups excluding carboxylic acids is 3. The fraction of sp³-hybridized carbons (Fsp3) is 0.429. The fourth-order valence-electron chi connectivity index (χ4n) is 1.98. The molecule has 0 amide bonds. The van der Waals surface area contributed by atoms with Crippen LogP contribution in [0.25, 0.3) is 0 Å². The summed E-state index contributed by atoms with van der Waals surface area (Å²) in [6.07, 6.45) is 0.250. The van der Waals surface area contributed by atoms with E-state index in [1.54, 1.807) is 0 Å². The molecule has 0 aromatic heterocycles. The van der Waals surface area contributed by atoms with Crippen LogP contribution in [-0.2, 0) is 19.1 Å². The highest BCUT2D eigenvalue weighted by Gasteiger charge is 2.33. The molecule has 0 N–H and O–H groups in total. The highest BCUT2D eigenvalue weighted by atomic mass is 19.1. The lowest BCUT2D eigenvalue weighted by Crippen LogP contribution is -2.27. The summed E-state index contributed by atoms with van der Waals surface area (Å²) in [5.74, 6) is -4.20. The van der Waals surface area contributed by atoms with E-state index in [4.69, 9.17) is 9.59 Å². The van der Waals surface area contributed by atoms with Crippen molar-refractivity contribution in [2.45, 2.75) is 19.8 Å². The van der Waals surface area contributed by atoms with Crippen molar-refractivity contribution in [3.05, 3.63) is 45.0 Å². The first-order valence-electron chi connectivity index (χ1n) is 6.34. The second kappa shape index (κ2) is 9.37. The van der Waals surface area contributed by atoms with Gasteiger partial charge in [0, 0.05) is 10.5 Å². The molecule has 1 rings (SSSR count). The number of halogens is 2. The molecule has 0 saturated carbocycles. The number of hydrogen-bond acceptors (Lipinski definition) is 6. The summed E-state index contributed by atoms with van der Waals surface area (Å²) in [6, 6.07) is 1.86. The predicted molar refractivity (Wildman–Crippen MR) is 71.9 cm³/mol. The Morgan fingerprint density at radius 3 is 2.30 bits per heavy atom. The molecule has 9 heteroatoms. The maximum atomic E-state index is 13.9. The zero-order chi connectivity index (χ0) is 18.2. The molecular weight excluding hydrogens is 316 g/mol. The maximum Gasteiger partial charge on any atom is 0.373 e. The number of methoxy groups -OCH3 is 1. The summed E-state index contributed by atoms with van der Waals surface area (Å²) in [4.78, 5) is 37.8. The van der Waals surface area contributed by atoms with Crippen LogP contribution in [0.3, 0.4) is 0 Å². The number of carbonyl (C=O) groups is 1. The first-order chi connectivity index (χ1) is 10.7. The number of ether oxygens (including phenoxy) is 1. The van der Waals surface area contributed by atoms with Crippen LogP contribution in [0.4, 0.5) is 8.78 Å². The standard InChI is InChI=1S/C13H15F2NO4.CO2/c1-7-4-12(15)9(5-11(7)14)10(6-16(18)19)8(2)13(17)20-3;2-1-3/h4-5,8,10H,6H2,1-3H3;/t8?,10-;/m1./s1. The van der Waals surface area contributed by atoms with Gasteiger partial charge in [-0.25, -0.2) is 8.78 Å². The minimum absolute atomic E-state index is 0.0943. The lowest BCUT2D eigenvalue weighted by atomic mass is 9.86. The molecule has 0 spiro atoms. The molecule has 0 aliphatic heterocycles. The number of nitrogens with zero attached hydrogens (tertiary/aromatic N) is 1. The summed E-state index contributed by atoms with van der Waals surface area (Å²) in [6.45, 7) is 2.08. The Balaban J connectivity index is 0.00000149. The Bertz CT molecular complexity index is 614. The van der Waals surface area contributed by atoms with E-state index in [-0.39, 0.29) is 17.3 Å². The largest absolute Gasteiger partial charge is 0.469 e. The molecule has 2 atom stereocenters. The summed E-state index contributed by atoms with van der Waals surface area (Å²) >= 11 is 0. The van der Waals surface area contributed by atoms with Crippen molar-refractivity contribution in [2.24, 2.45) is 5.92 Å². The molecule has 1 aromatic carbocycles. The second-order valence-electron chi connectivity index (χ2n) is 4.64. The normalized spacial score (nSPS) is 12.2. The van der Waals surface area contributed by atoms with Crippen molar-refractivity contribution in [1.82, 2.24) is 0 Å². The van der Waals surface area contributed by atoms with Crippen molar-refractivity contribution in [3.63, 3.8) is 0 Å². The van der Waals surface area contributed by atoms with Gasteiger partial charge in [0.1, 0.15) is 11.6 Å². The summed E-state index contributed by atoms with van der Waals surface area (Å²) in [5, 5.41) is 10.7. The molecule has 0 heterocycles. The van der Waals surface area contributed by atoms with Gasteiger partial charge in [0.25, 0.3) is 0 Å². The monoisotopic (exact) mass is 331 g/mol. The van der Waals surface area contributed by atoms with Gasteiger partial charge in [-0.15, -0.1) is 0 Å². The highest BCUT2D eigenvalue weighted by Crippen LogP contribution is 2.29. The average molecular weight is 331 g/mol.